The maximum absolute atomic E-state index is 13.4. The number of carbonyl (C=O) groups is 2. The number of amides is 2. The summed E-state index contributed by atoms with van der Waals surface area (Å²) in [5.74, 6) is -2.70. The predicted molar refractivity (Wildman–Crippen MR) is 70.1 cm³/mol. The van der Waals surface area contributed by atoms with Crippen molar-refractivity contribution in [2.24, 2.45) is 0 Å². The Morgan fingerprint density at radius 3 is 2.62 bits per heavy atom. The van der Waals surface area contributed by atoms with E-state index in [9.17, 15) is 18.4 Å². The third-order valence-corrected chi connectivity index (χ3v) is 3.19. The van der Waals surface area contributed by atoms with E-state index in [0.29, 0.717) is 12.1 Å². The number of nitrogens with one attached hydrogen (secondary N) is 2. The molecule has 0 bridgehead atoms. The van der Waals surface area contributed by atoms with E-state index >= 15 is 0 Å². The van der Waals surface area contributed by atoms with Crippen molar-refractivity contribution in [1.29, 1.82) is 0 Å². The second-order valence-electron chi connectivity index (χ2n) is 4.44. The van der Waals surface area contributed by atoms with E-state index < -0.39 is 29.7 Å². The third-order valence-electron chi connectivity index (χ3n) is 3.19. The second-order valence-corrected chi connectivity index (χ2v) is 4.44. The minimum atomic E-state index is -1.05. The molecule has 2 rings (SSSR count). The summed E-state index contributed by atoms with van der Waals surface area (Å²) in [5.41, 5.74) is 0.820. The van der Waals surface area contributed by atoms with Crippen LogP contribution in [0.5, 0.6) is 0 Å². The van der Waals surface area contributed by atoms with E-state index in [4.69, 9.17) is 4.74 Å². The number of ether oxygens (including phenoxy) is 1. The highest BCUT2D eigenvalue weighted by Crippen LogP contribution is 2.29. The van der Waals surface area contributed by atoms with Crippen LogP contribution in [0.3, 0.4) is 0 Å². The summed E-state index contributed by atoms with van der Waals surface area (Å²) in [6.07, 6.45) is 0.387. The van der Waals surface area contributed by atoms with E-state index in [1.165, 1.54) is 13.2 Å². The first-order chi connectivity index (χ1) is 9.97. The van der Waals surface area contributed by atoms with E-state index in [-0.39, 0.29) is 11.1 Å². The van der Waals surface area contributed by atoms with Crippen molar-refractivity contribution in [3.63, 3.8) is 0 Å². The molecule has 1 heterocycles. The smallest absolute Gasteiger partial charge is 0.337 e. The van der Waals surface area contributed by atoms with E-state index in [0.717, 1.165) is 12.1 Å². The Balaban J connectivity index is 2.54. The molecule has 2 amide bonds. The normalized spacial score (nSPS) is 18.1. The van der Waals surface area contributed by atoms with Gasteiger partial charge in [0.25, 0.3) is 0 Å². The molecule has 1 aromatic rings. The van der Waals surface area contributed by atoms with Crippen molar-refractivity contribution < 1.29 is 23.1 Å². The molecule has 0 aliphatic carbocycles. The molecule has 1 aliphatic rings. The second kappa shape index (κ2) is 5.90. The molecule has 1 unspecified atom stereocenters. The van der Waals surface area contributed by atoms with Crippen molar-refractivity contribution in [2.75, 3.05) is 7.11 Å². The minimum Gasteiger partial charge on any atom is -0.466 e. The van der Waals surface area contributed by atoms with Gasteiger partial charge in [-0.05, 0) is 24.1 Å². The van der Waals surface area contributed by atoms with Gasteiger partial charge in [-0.2, -0.15) is 0 Å². The number of carbonyl (C=O) groups excluding carboxylic acids is 2. The molecule has 0 radical (unpaired) electrons. The van der Waals surface area contributed by atoms with Gasteiger partial charge in [0, 0.05) is 5.70 Å². The quantitative estimate of drug-likeness (QED) is 0.840. The standard InChI is InChI=1S/C14H14F2N2O3/c1-3-10-11(13(19)21-2)12(18-14(20)17-10)7-4-5-8(15)9(16)6-7/h4-6,12H,3H2,1-2H3,(H2,17,18,20). The Morgan fingerprint density at radius 2 is 2.05 bits per heavy atom. The van der Waals surface area contributed by atoms with Crippen LogP contribution in [-0.4, -0.2) is 19.1 Å². The fraction of sp³-hybridized carbons (Fsp3) is 0.286. The highest BCUT2D eigenvalue weighted by molar-refractivity contribution is 5.95. The maximum atomic E-state index is 13.4. The molecule has 7 heteroatoms. The highest BCUT2D eigenvalue weighted by atomic mass is 19.2. The minimum absolute atomic E-state index is 0.172. The van der Waals surface area contributed by atoms with Gasteiger partial charge in [0.2, 0.25) is 0 Å². The van der Waals surface area contributed by atoms with Crippen LogP contribution in [0, 0.1) is 11.6 Å². The Kier molecular flexibility index (Phi) is 4.21. The van der Waals surface area contributed by atoms with Crippen molar-refractivity contribution >= 4 is 12.0 Å². The van der Waals surface area contributed by atoms with Gasteiger partial charge in [0.15, 0.2) is 11.6 Å². The van der Waals surface area contributed by atoms with Gasteiger partial charge in [-0.25, -0.2) is 18.4 Å². The molecule has 21 heavy (non-hydrogen) atoms. The topological polar surface area (TPSA) is 67.4 Å². The average Bonchev–Trinajstić information content (AvgIpc) is 2.48. The Hall–Kier alpha value is -2.44. The van der Waals surface area contributed by atoms with Gasteiger partial charge in [0.1, 0.15) is 0 Å². The molecule has 5 nitrogen and oxygen atoms in total. The average molecular weight is 296 g/mol. The van der Waals surface area contributed by atoms with Gasteiger partial charge in [0.05, 0.1) is 18.7 Å². The summed E-state index contributed by atoms with van der Waals surface area (Å²) < 4.78 is 31.1. The fourth-order valence-corrected chi connectivity index (χ4v) is 2.19. The lowest BCUT2D eigenvalue weighted by Crippen LogP contribution is -2.45. The number of hydrogen-bond acceptors (Lipinski definition) is 3. The summed E-state index contributed by atoms with van der Waals surface area (Å²) in [6.45, 7) is 1.76. The Bertz CT molecular complexity index is 629. The fourth-order valence-electron chi connectivity index (χ4n) is 2.19. The van der Waals surface area contributed by atoms with Crippen LogP contribution >= 0.6 is 0 Å². The van der Waals surface area contributed by atoms with Crippen LogP contribution in [-0.2, 0) is 9.53 Å². The van der Waals surface area contributed by atoms with Crippen LogP contribution in [0.15, 0.2) is 29.5 Å². The predicted octanol–water partition coefficient (Wildman–Crippen LogP) is 2.16. The molecule has 1 aromatic carbocycles. The molecule has 0 fully saturated rings. The number of benzene rings is 1. The van der Waals surface area contributed by atoms with Crippen molar-refractivity contribution in [1.82, 2.24) is 10.6 Å². The summed E-state index contributed by atoms with van der Waals surface area (Å²) in [4.78, 5) is 23.6. The molecule has 0 saturated carbocycles. The summed E-state index contributed by atoms with van der Waals surface area (Å²) in [7, 11) is 1.21. The number of hydrogen-bond donors (Lipinski definition) is 2. The maximum Gasteiger partial charge on any atom is 0.337 e. The van der Waals surface area contributed by atoms with Crippen LogP contribution in [0.4, 0.5) is 13.6 Å². The molecule has 0 saturated heterocycles. The molecule has 1 atom stereocenters. The van der Waals surface area contributed by atoms with Gasteiger partial charge < -0.3 is 15.4 Å². The Morgan fingerprint density at radius 1 is 1.33 bits per heavy atom. The zero-order valence-corrected chi connectivity index (χ0v) is 11.5. The lowest BCUT2D eigenvalue weighted by Gasteiger charge is -2.28. The lowest BCUT2D eigenvalue weighted by molar-refractivity contribution is -0.136. The molecular formula is C14H14F2N2O3. The van der Waals surface area contributed by atoms with Gasteiger partial charge in [-0.1, -0.05) is 13.0 Å². The molecule has 1 aliphatic heterocycles. The number of rotatable bonds is 3. The number of urea groups is 1. The van der Waals surface area contributed by atoms with Crippen LogP contribution in [0.2, 0.25) is 0 Å². The van der Waals surface area contributed by atoms with Gasteiger partial charge in [-0.15, -0.1) is 0 Å². The molecule has 0 aromatic heterocycles. The molecule has 112 valence electrons. The van der Waals surface area contributed by atoms with Crippen molar-refractivity contribution in [3.8, 4) is 0 Å². The molecular weight excluding hydrogens is 282 g/mol. The molecule has 0 spiro atoms. The number of esters is 1. The number of methoxy groups -OCH3 is 1. The lowest BCUT2D eigenvalue weighted by atomic mass is 9.94. The SMILES string of the molecule is CCC1=C(C(=O)OC)C(c2ccc(F)c(F)c2)NC(=O)N1. The van der Waals surface area contributed by atoms with E-state index in [1.807, 2.05) is 0 Å². The highest BCUT2D eigenvalue weighted by Gasteiger charge is 2.33. The monoisotopic (exact) mass is 296 g/mol. The summed E-state index contributed by atoms with van der Waals surface area (Å²) in [5, 5.41) is 5.03. The van der Waals surface area contributed by atoms with E-state index in [2.05, 4.69) is 10.6 Å². The van der Waals surface area contributed by atoms with Crippen molar-refractivity contribution in [2.45, 2.75) is 19.4 Å². The first-order valence-corrected chi connectivity index (χ1v) is 6.31. The van der Waals surface area contributed by atoms with Crippen molar-refractivity contribution in [3.05, 3.63) is 46.7 Å². The molecule has 2 N–H and O–H groups in total. The summed E-state index contributed by atoms with van der Waals surface area (Å²) >= 11 is 0. The van der Waals surface area contributed by atoms with Crippen LogP contribution < -0.4 is 10.6 Å². The van der Waals surface area contributed by atoms with Gasteiger partial charge in [-0.3, -0.25) is 0 Å². The zero-order valence-electron chi connectivity index (χ0n) is 11.5. The Labute approximate surface area is 120 Å². The van der Waals surface area contributed by atoms with Crippen LogP contribution in [0.25, 0.3) is 0 Å². The van der Waals surface area contributed by atoms with Gasteiger partial charge >= 0.3 is 12.0 Å². The van der Waals surface area contributed by atoms with Crippen LogP contribution in [0.1, 0.15) is 24.9 Å². The third kappa shape index (κ3) is 2.86. The zero-order chi connectivity index (χ0) is 15.6. The first-order valence-electron chi connectivity index (χ1n) is 6.31. The first kappa shape index (κ1) is 15.0. The summed E-state index contributed by atoms with van der Waals surface area (Å²) in [6, 6.07) is 1.79. The van der Waals surface area contributed by atoms with E-state index in [1.54, 1.807) is 6.92 Å². The largest absolute Gasteiger partial charge is 0.466 e. The number of halogens is 2. The number of allylic oxidation sites excluding steroid dienone is 1.